The van der Waals surface area contributed by atoms with E-state index < -0.39 is 4.92 Å². The van der Waals surface area contributed by atoms with Crippen molar-refractivity contribution in [3.63, 3.8) is 0 Å². The van der Waals surface area contributed by atoms with Gasteiger partial charge in [0.1, 0.15) is 5.69 Å². The van der Waals surface area contributed by atoms with Crippen molar-refractivity contribution >= 4 is 29.7 Å². The molecule has 3 N–H and O–H groups in total. The maximum absolute atomic E-state index is 12.2. The van der Waals surface area contributed by atoms with E-state index in [4.69, 9.17) is 5.73 Å². The number of nitrogens with zero attached hydrogens (tertiary/aromatic N) is 2. The van der Waals surface area contributed by atoms with Crippen LogP contribution < -0.4 is 11.1 Å². The van der Waals surface area contributed by atoms with Crippen molar-refractivity contribution in [1.82, 2.24) is 4.90 Å². The number of piperidine rings is 1. The van der Waals surface area contributed by atoms with Gasteiger partial charge in [0.2, 0.25) is 5.91 Å². The predicted octanol–water partition coefficient (Wildman–Crippen LogP) is 2.16. The van der Waals surface area contributed by atoms with Gasteiger partial charge in [-0.3, -0.25) is 19.8 Å². The van der Waals surface area contributed by atoms with E-state index in [2.05, 4.69) is 10.2 Å². The minimum absolute atomic E-state index is 0. The summed E-state index contributed by atoms with van der Waals surface area (Å²) in [5, 5.41) is 13.6. The third-order valence-corrected chi connectivity index (χ3v) is 3.99. The average Bonchev–Trinajstić information content (AvgIpc) is 2.47. The Bertz CT molecular complexity index is 553. The fraction of sp³-hybridized carbons (Fsp3) is 0.533. The highest BCUT2D eigenvalue weighted by molar-refractivity contribution is 5.94. The zero-order chi connectivity index (χ0) is 16.1. The average molecular weight is 343 g/mol. The van der Waals surface area contributed by atoms with Crippen molar-refractivity contribution < 1.29 is 9.72 Å². The highest BCUT2D eigenvalue weighted by Gasteiger charge is 2.27. The SMILES string of the molecule is CC(N)C1CCCCN1CC(=O)Nc1ccccc1[N+](=O)[O-].Cl. The number of nitrogens with two attached hydrogens (primary N) is 1. The second-order valence-corrected chi connectivity index (χ2v) is 5.72. The van der Waals surface area contributed by atoms with Gasteiger partial charge in [-0.1, -0.05) is 18.6 Å². The summed E-state index contributed by atoms with van der Waals surface area (Å²) in [5.74, 6) is -0.248. The summed E-state index contributed by atoms with van der Waals surface area (Å²) >= 11 is 0. The summed E-state index contributed by atoms with van der Waals surface area (Å²) in [5.41, 5.74) is 6.12. The quantitative estimate of drug-likeness (QED) is 0.630. The molecule has 128 valence electrons. The first-order valence-corrected chi connectivity index (χ1v) is 7.52. The topological polar surface area (TPSA) is 102 Å². The number of likely N-dealkylation sites (tertiary alicyclic amines) is 1. The number of nitrogens with one attached hydrogen (secondary N) is 1. The molecule has 0 saturated carbocycles. The number of nitro benzene ring substituents is 1. The van der Waals surface area contributed by atoms with E-state index in [1.54, 1.807) is 12.1 Å². The molecule has 1 aliphatic rings. The van der Waals surface area contributed by atoms with Crippen molar-refractivity contribution in [2.45, 2.75) is 38.3 Å². The highest BCUT2D eigenvalue weighted by atomic mass is 35.5. The van der Waals surface area contributed by atoms with Crippen LogP contribution in [0.4, 0.5) is 11.4 Å². The van der Waals surface area contributed by atoms with E-state index in [0.717, 1.165) is 25.8 Å². The molecule has 23 heavy (non-hydrogen) atoms. The van der Waals surface area contributed by atoms with Gasteiger partial charge in [-0.25, -0.2) is 0 Å². The van der Waals surface area contributed by atoms with Crippen LogP contribution in [0.25, 0.3) is 0 Å². The maximum Gasteiger partial charge on any atom is 0.292 e. The molecule has 1 saturated heterocycles. The van der Waals surface area contributed by atoms with Crippen LogP contribution in [0.5, 0.6) is 0 Å². The fourth-order valence-electron chi connectivity index (χ4n) is 2.92. The van der Waals surface area contributed by atoms with Gasteiger partial charge >= 0.3 is 0 Å². The Morgan fingerprint density at radius 1 is 1.48 bits per heavy atom. The number of nitro groups is 1. The van der Waals surface area contributed by atoms with E-state index in [1.807, 2.05) is 6.92 Å². The van der Waals surface area contributed by atoms with Gasteiger partial charge in [-0.15, -0.1) is 12.4 Å². The Morgan fingerprint density at radius 2 is 2.17 bits per heavy atom. The lowest BCUT2D eigenvalue weighted by atomic mass is 9.97. The number of benzene rings is 1. The Balaban J connectivity index is 0.00000264. The van der Waals surface area contributed by atoms with E-state index in [0.29, 0.717) is 0 Å². The lowest BCUT2D eigenvalue weighted by Gasteiger charge is -2.37. The zero-order valence-electron chi connectivity index (χ0n) is 13.1. The van der Waals surface area contributed by atoms with Crippen LogP contribution in [0.3, 0.4) is 0 Å². The molecule has 1 aromatic carbocycles. The summed E-state index contributed by atoms with van der Waals surface area (Å²) in [6.07, 6.45) is 3.15. The van der Waals surface area contributed by atoms with Crippen LogP contribution >= 0.6 is 12.4 Å². The molecule has 1 aromatic rings. The Kier molecular flexibility index (Phi) is 7.41. The number of para-hydroxylation sites is 2. The molecule has 1 amide bonds. The van der Waals surface area contributed by atoms with Crippen molar-refractivity contribution in [3.05, 3.63) is 34.4 Å². The molecule has 2 atom stereocenters. The number of hydrogen-bond acceptors (Lipinski definition) is 5. The molecule has 0 aliphatic carbocycles. The summed E-state index contributed by atoms with van der Waals surface area (Å²) in [7, 11) is 0. The summed E-state index contributed by atoms with van der Waals surface area (Å²) in [4.78, 5) is 24.7. The van der Waals surface area contributed by atoms with Gasteiger partial charge < -0.3 is 11.1 Å². The minimum Gasteiger partial charge on any atom is -0.327 e. The number of halogens is 1. The Morgan fingerprint density at radius 3 is 2.83 bits per heavy atom. The minimum atomic E-state index is -0.499. The lowest BCUT2D eigenvalue weighted by molar-refractivity contribution is -0.383. The number of rotatable bonds is 5. The number of carbonyl (C=O) groups is 1. The van der Waals surface area contributed by atoms with Crippen molar-refractivity contribution in [1.29, 1.82) is 0 Å². The van der Waals surface area contributed by atoms with E-state index in [-0.39, 0.29) is 48.3 Å². The largest absolute Gasteiger partial charge is 0.327 e. The van der Waals surface area contributed by atoms with Crippen molar-refractivity contribution in [3.8, 4) is 0 Å². The Hall–Kier alpha value is -1.70. The van der Waals surface area contributed by atoms with Crippen LogP contribution in [0.15, 0.2) is 24.3 Å². The molecule has 0 bridgehead atoms. The van der Waals surface area contributed by atoms with Gasteiger partial charge in [-0.2, -0.15) is 0 Å². The van der Waals surface area contributed by atoms with Gasteiger partial charge in [0.15, 0.2) is 0 Å². The standard InChI is InChI=1S/C15H22N4O3.ClH/c1-11(16)13-7-4-5-9-18(13)10-15(20)17-12-6-2-3-8-14(12)19(21)22;/h2-3,6,8,11,13H,4-5,7,9-10,16H2,1H3,(H,17,20);1H. The molecule has 0 spiro atoms. The molecule has 1 heterocycles. The van der Waals surface area contributed by atoms with E-state index >= 15 is 0 Å². The van der Waals surface area contributed by atoms with Gasteiger partial charge in [-0.05, 0) is 32.4 Å². The molecule has 7 nitrogen and oxygen atoms in total. The summed E-state index contributed by atoms with van der Waals surface area (Å²) < 4.78 is 0. The molecule has 2 rings (SSSR count). The van der Waals surface area contributed by atoms with Crippen LogP contribution in [0.2, 0.25) is 0 Å². The lowest BCUT2D eigenvalue weighted by Crippen LogP contribution is -2.51. The fourth-order valence-corrected chi connectivity index (χ4v) is 2.92. The molecule has 8 heteroatoms. The molecular formula is C15H23ClN4O3. The normalized spacial score (nSPS) is 19.5. The monoisotopic (exact) mass is 342 g/mol. The highest BCUT2D eigenvalue weighted by Crippen LogP contribution is 2.24. The van der Waals surface area contributed by atoms with Gasteiger partial charge in [0.05, 0.1) is 11.5 Å². The second-order valence-electron chi connectivity index (χ2n) is 5.72. The van der Waals surface area contributed by atoms with Gasteiger partial charge in [0, 0.05) is 18.2 Å². The predicted molar refractivity (Wildman–Crippen MR) is 91.8 cm³/mol. The first-order chi connectivity index (χ1) is 10.5. The number of carbonyl (C=O) groups excluding carboxylic acids is 1. The number of amides is 1. The third kappa shape index (κ3) is 5.16. The van der Waals surface area contributed by atoms with E-state index in [1.165, 1.54) is 12.1 Å². The van der Waals surface area contributed by atoms with Crippen LogP contribution in [-0.2, 0) is 4.79 Å². The van der Waals surface area contributed by atoms with Crippen LogP contribution in [0.1, 0.15) is 26.2 Å². The van der Waals surface area contributed by atoms with Gasteiger partial charge in [0.25, 0.3) is 5.69 Å². The maximum atomic E-state index is 12.2. The molecule has 1 aliphatic heterocycles. The van der Waals surface area contributed by atoms with Crippen molar-refractivity contribution in [2.24, 2.45) is 5.73 Å². The molecule has 1 fully saturated rings. The van der Waals surface area contributed by atoms with E-state index in [9.17, 15) is 14.9 Å². The first-order valence-electron chi connectivity index (χ1n) is 7.52. The third-order valence-electron chi connectivity index (χ3n) is 3.99. The van der Waals surface area contributed by atoms with Crippen LogP contribution in [-0.4, -0.2) is 40.9 Å². The van der Waals surface area contributed by atoms with Crippen molar-refractivity contribution in [2.75, 3.05) is 18.4 Å². The number of anilines is 1. The summed E-state index contributed by atoms with van der Waals surface area (Å²) in [6.45, 7) is 2.98. The molecule has 2 unspecified atom stereocenters. The number of hydrogen-bond donors (Lipinski definition) is 2. The second kappa shape index (κ2) is 8.81. The zero-order valence-corrected chi connectivity index (χ0v) is 13.9. The molecular weight excluding hydrogens is 320 g/mol. The first kappa shape index (κ1) is 19.3. The summed E-state index contributed by atoms with van der Waals surface area (Å²) in [6, 6.07) is 6.33. The van der Waals surface area contributed by atoms with Crippen LogP contribution in [0, 0.1) is 10.1 Å². The Labute approximate surface area is 141 Å². The molecule has 0 radical (unpaired) electrons. The molecule has 0 aromatic heterocycles. The smallest absolute Gasteiger partial charge is 0.292 e.